The van der Waals surface area contributed by atoms with E-state index in [2.05, 4.69) is 69.4 Å². The van der Waals surface area contributed by atoms with Gasteiger partial charge in [-0.2, -0.15) is 0 Å². The van der Waals surface area contributed by atoms with Crippen LogP contribution < -0.4 is 0 Å². The van der Waals surface area contributed by atoms with Crippen molar-refractivity contribution in [2.75, 3.05) is 13.2 Å². The zero-order valence-corrected chi connectivity index (χ0v) is 50.6. The van der Waals surface area contributed by atoms with Crippen LogP contribution in [0, 0.1) is 0 Å². The summed E-state index contributed by atoms with van der Waals surface area (Å²) in [5, 5.41) is 31.6. The molecular formula is C67H118O12. The molecule has 12 heteroatoms. The highest BCUT2D eigenvalue weighted by Crippen LogP contribution is 2.27. The molecule has 0 radical (unpaired) electrons. The molecule has 79 heavy (non-hydrogen) atoms. The van der Waals surface area contributed by atoms with Gasteiger partial charge in [-0.15, -0.1) is 0 Å². The fraction of sp³-hybridized carbons (Fsp3) is 0.821. The highest BCUT2D eigenvalue weighted by molar-refractivity contribution is 5.74. The normalized spacial score (nSPS) is 18.1. The highest BCUT2D eigenvalue weighted by Gasteiger charge is 2.50. The summed E-state index contributed by atoms with van der Waals surface area (Å²) in [5.74, 6) is -3.11. The predicted molar refractivity (Wildman–Crippen MR) is 322 cm³/mol. The molecule has 6 unspecified atom stereocenters. The van der Waals surface area contributed by atoms with Crippen molar-refractivity contribution in [3.05, 3.63) is 48.6 Å². The van der Waals surface area contributed by atoms with Gasteiger partial charge in [0.15, 0.2) is 24.6 Å². The van der Waals surface area contributed by atoms with Crippen molar-refractivity contribution in [3.63, 3.8) is 0 Å². The molecule has 0 saturated carbocycles. The van der Waals surface area contributed by atoms with Crippen LogP contribution in [0.15, 0.2) is 48.6 Å². The Labute approximate surface area is 482 Å². The van der Waals surface area contributed by atoms with Crippen LogP contribution in [-0.2, 0) is 42.9 Å². The second-order valence-electron chi connectivity index (χ2n) is 22.4. The van der Waals surface area contributed by atoms with E-state index in [1.807, 2.05) is 0 Å². The molecule has 1 rings (SSSR count). The number of aliphatic hydroxyl groups excluding tert-OH is 2. The molecule has 1 saturated heterocycles. The van der Waals surface area contributed by atoms with Gasteiger partial charge < -0.3 is 39.0 Å². The average molecular weight is 1120 g/mol. The van der Waals surface area contributed by atoms with Crippen molar-refractivity contribution in [3.8, 4) is 0 Å². The molecule has 0 spiro atoms. The average Bonchev–Trinajstić information content (AvgIpc) is 3.44. The Morgan fingerprint density at radius 1 is 0.418 bits per heavy atom. The molecule has 458 valence electrons. The van der Waals surface area contributed by atoms with Crippen LogP contribution in [-0.4, -0.2) is 89.2 Å². The minimum Gasteiger partial charge on any atom is -0.479 e. The Morgan fingerprint density at radius 2 is 0.759 bits per heavy atom. The van der Waals surface area contributed by atoms with Gasteiger partial charge in [0, 0.05) is 19.3 Å². The zero-order valence-electron chi connectivity index (χ0n) is 50.6. The number of carboxylic acid groups (broad SMARTS) is 1. The molecule has 1 aliphatic heterocycles. The maximum Gasteiger partial charge on any atom is 0.335 e. The molecule has 0 aromatic carbocycles. The van der Waals surface area contributed by atoms with Gasteiger partial charge in [0.2, 0.25) is 0 Å². The maximum absolute atomic E-state index is 13.2. The van der Waals surface area contributed by atoms with Gasteiger partial charge in [0.25, 0.3) is 0 Å². The number of esters is 3. The Bertz CT molecular complexity index is 1560. The third-order valence-electron chi connectivity index (χ3n) is 14.9. The topological polar surface area (TPSA) is 175 Å². The summed E-state index contributed by atoms with van der Waals surface area (Å²) in [6.45, 7) is 5.97. The maximum atomic E-state index is 13.2. The second kappa shape index (κ2) is 55.2. The molecular weight excluding hydrogens is 997 g/mol. The zero-order chi connectivity index (χ0) is 57.5. The summed E-state index contributed by atoms with van der Waals surface area (Å²) in [7, 11) is 0. The molecule has 0 aromatic rings. The van der Waals surface area contributed by atoms with E-state index in [0.29, 0.717) is 19.3 Å². The van der Waals surface area contributed by atoms with Gasteiger partial charge in [0.1, 0.15) is 18.8 Å². The lowest BCUT2D eigenvalue weighted by atomic mass is 9.98. The number of hydrogen-bond acceptors (Lipinski definition) is 11. The van der Waals surface area contributed by atoms with Gasteiger partial charge in [0.05, 0.1) is 6.61 Å². The highest BCUT2D eigenvalue weighted by atomic mass is 16.7. The number of carbonyl (C=O) groups is 4. The fourth-order valence-electron chi connectivity index (χ4n) is 9.84. The van der Waals surface area contributed by atoms with E-state index < -0.39 is 67.3 Å². The summed E-state index contributed by atoms with van der Waals surface area (Å²) < 4.78 is 28.5. The minimum atomic E-state index is -1.90. The summed E-state index contributed by atoms with van der Waals surface area (Å²) in [6, 6.07) is 0. The molecule has 1 aliphatic rings. The fourth-order valence-corrected chi connectivity index (χ4v) is 9.84. The Morgan fingerprint density at radius 3 is 1.16 bits per heavy atom. The molecule has 6 atom stereocenters. The van der Waals surface area contributed by atoms with Crippen molar-refractivity contribution in [2.45, 2.75) is 340 Å². The number of carboxylic acids is 1. The van der Waals surface area contributed by atoms with Crippen LogP contribution in [0.5, 0.6) is 0 Å². The number of aliphatic carboxylic acids is 1. The number of rotatable bonds is 56. The first-order valence-electron chi connectivity index (χ1n) is 32.6. The molecule has 0 aliphatic carbocycles. The van der Waals surface area contributed by atoms with E-state index in [-0.39, 0.29) is 25.9 Å². The number of unbranched alkanes of at least 4 members (excludes halogenated alkanes) is 34. The SMILES string of the molecule is CCCCC/C=C\C/C=C\CCCCCCCCCCCC(=O)OCC(COC1OC(C(=O)O)C(O)C(O)C1OC(=O)CCCCCCCCCCCCCCC)OC(=O)CCCCCCCCC/C=C\C/C=C\CCCCC. The molecule has 1 fully saturated rings. The molecule has 0 amide bonds. The third kappa shape index (κ3) is 45.0. The van der Waals surface area contributed by atoms with Gasteiger partial charge in [-0.05, 0) is 83.5 Å². The van der Waals surface area contributed by atoms with Crippen molar-refractivity contribution in [1.29, 1.82) is 0 Å². The van der Waals surface area contributed by atoms with Gasteiger partial charge >= 0.3 is 23.9 Å². The van der Waals surface area contributed by atoms with E-state index in [1.165, 1.54) is 148 Å². The van der Waals surface area contributed by atoms with Crippen molar-refractivity contribution in [2.24, 2.45) is 0 Å². The van der Waals surface area contributed by atoms with Crippen LogP contribution in [0.4, 0.5) is 0 Å². The number of carbonyl (C=O) groups excluding carboxylic acids is 3. The summed E-state index contributed by atoms with van der Waals surface area (Å²) in [6.07, 6.45) is 54.9. The lowest BCUT2D eigenvalue weighted by Gasteiger charge is -2.40. The quantitative estimate of drug-likeness (QED) is 0.0228. The predicted octanol–water partition coefficient (Wildman–Crippen LogP) is 17.3. The lowest BCUT2D eigenvalue weighted by Crippen LogP contribution is -2.61. The van der Waals surface area contributed by atoms with Crippen LogP contribution in [0.25, 0.3) is 0 Å². The second-order valence-corrected chi connectivity index (χ2v) is 22.4. The molecule has 0 aromatic heterocycles. The van der Waals surface area contributed by atoms with Crippen molar-refractivity contribution < 1.29 is 58.2 Å². The summed E-state index contributed by atoms with van der Waals surface area (Å²) >= 11 is 0. The lowest BCUT2D eigenvalue weighted by molar-refractivity contribution is -0.301. The van der Waals surface area contributed by atoms with E-state index in [9.17, 15) is 34.5 Å². The molecule has 0 bridgehead atoms. The largest absolute Gasteiger partial charge is 0.479 e. The van der Waals surface area contributed by atoms with E-state index in [4.69, 9.17) is 23.7 Å². The first-order valence-corrected chi connectivity index (χ1v) is 32.6. The van der Waals surface area contributed by atoms with Crippen LogP contribution in [0.3, 0.4) is 0 Å². The monoisotopic (exact) mass is 1110 g/mol. The molecule has 1 heterocycles. The minimum absolute atomic E-state index is 0.0633. The van der Waals surface area contributed by atoms with Crippen molar-refractivity contribution in [1.82, 2.24) is 0 Å². The summed E-state index contributed by atoms with van der Waals surface area (Å²) in [4.78, 5) is 51.3. The standard InChI is InChI=1S/C67H118O12/c1-4-7-10-13-16-19-22-25-27-29-30-32-33-36-38-41-44-47-50-53-59(68)75-56-58(77-60(69)54-51-48-45-42-40-37-34-31-28-26-23-20-17-14-11-8-5-2)57-76-67-65(63(72)62(71)64(79-67)66(73)74)78-61(70)55-52-49-46-43-39-35-24-21-18-15-12-9-6-3/h16-17,19-20,25-28,58,62-65,67,71-72H,4-15,18,21-24,29-57H2,1-3H3,(H,73,74)/b19-16-,20-17-,27-25-,28-26-. The number of ether oxygens (including phenoxy) is 5. The van der Waals surface area contributed by atoms with Crippen LogP contribution in [0.2, 0.25) is 0 Å². The van der Waals surface area contributed by atoms with Crippen molar-refractivity contribution >= 4 is 23.9 Å². The smallest absolute Gasteiger partial charge is 0.335 e. The molecule has 12 nitrogen and oxygen atoms in total. The third-order valence-corrected chi connectivity index (χ3v) is 14.9. The van der Waals surface area contributed by atoms with Gasteiger partial charge in [-0.1, -0.05) is 249 Å². The number of aliphatic hydroxyl groups is 2. The first-order chi connectivity index (χ1) is 38.6. The Kier molecular flexibility index (Phi) is 51.5. The van der Waals surface area contributed by atoms with Crippen LogP contribution in [0.1, 0.15) is 303 Å². The Balaban J connectivity index is 2.65. The van der Waals surface area contributed by atoms with E-state index in [0.717, 1.165) is 96.3 Å². The van der Waals surface area contributed by atoms with Gasteiger partial charge in [-0.3, -0.25) is 14.4 Å². The van der Waals surface area contributed by atoms with E-state index >= 15 is 0 Å². The molecule has 3 N–H and O–H groups in total. The number of allylic oxidation sites excluding steroid dienone is 8. The summed E-state index contributed by atoms with van der Waals surface area (Å²) in [5.41, 5.74) is 0. The Hall–Kier alpha value is -3.32. The first kappa shape index (κ1) is 73.7. The van der Waals surface area contributed by atoms with Gasteiger partial charge in [-0.25, -0.2) is 4.79 Å². The number of hydrogen-bond donors (Lipinski definition) is 3. The van der Waals surface area contributed by atoms with E-state index in [1.54, 1.807) is 0 Å². The van der Waals surface area contributed by atoms with Crippen LogP contribution >= 0.6 is 0 Å².